The third-order valence-electron chi connectivity index (χ3n) is 3.73. The van der Waals surface area contributed by atoms with Gasteiger partial charge >= 0.3 is 0 Å². The van der Waals surface area contributed by atoms with Crippen LogP contribution in [0.5, 0.6) is 0 Å². The summed E-state index contributed by atoms with van der Waals surface area (Å²) < 4.78 is 2.71. The van der Waals surface area contributed by atoms with Crippen molar-refractivity contribution < 1.29 is 4.90 Å². The molecule has 1 aromatic carbocycles. The molecule has 24 heavy (non-hydrogen) atoms. The summed E-state index contributed by atoms with van der Waals surface area (Å²) >= 11 is 8.71. The van der Waals surface area contributed by atoms with Gasteiger partial charge in [0.15, 0.2) is 10.6 Å². The van der Waals surface area contributed by atoms with Gasteiger partial charge in [0.1, 0.15) is 6.54 Å². The lowest BCUT2D eigenvalue weighted by Gasteiger charge is -2.12. The van der Waals surface area contributed by atoms with Crippen molar-refractivity contribution in [3.8, 4) is 0 Å². The van der Waals surface area contributed by atoms with Crippen molar-refractivity contribution in [3.63, 3.8) is 0 Å². The number of thiophene rings is 1. The van der Waals surface area contributed by atoms with E-state index < -0.39 is 0 Å². The van der Waals surface area contributed by atoms with Gasteiger partial charge in [0, 0.05) is 11.3 Å². The van der Waals surface area contributed by atoms with Crippen molar-refractivity contribution in [1.82, 2.24) is 9.78 Å². The zero-order chi connectivity index (χ0) is 16.9. The Kier molecular flexibility index (Phi) is 5.78. The Balaban J connectivity index is 1.64. The Labute approximate surface area is 155 Å². The Morgan fingerprint density at radius 1 is 1.21 bits per heavy atom. The van der Waals surface area contributed by atoms with E-state index in [4.69, 9.17) is 12.2 Å². The fourth-order valence-electron chi connectivity index (χ4n) is 2.46. The standard InChI is InChI=1S/C17H20N4S3/c1-3-13-4-6-15(7-5-13)18-16-19-21(17(22)24-16)12-20(2)10-14-8-9-23-11-14/h4-9,11H,3,10,12H2,1-2H3,(H,18,19)/p+1. The van der Waals surface area contributed by atoms with Crippen LogP contribution in [0.15, 0.2) is 41.1 Å². The number of hydrogen-bond donors (Lipinski definition) is 2. The number of benzene rings is 1. The first-order chi connectivity index (χ1) is 11.6. The molecule has 1 unspecified atom stereocenters. The summed E-state index contributed by atoms with van der Waals surface area (Å²) in [6, 6.07) is 10.6. The number of aryl methyl sites for hydroxylation is 1. The summed E-state index contributed by atoms with van der Waals surface area (Å²) in [6.45, 7) is 3.90. The van der Waals surface area contributed by atoms with Crippen LogP contribution in [0.4, 0.5) is 10.8 Å². The van der Waals surface area contributed by atoms with Crippen molar-refractivity contribution >= 4 is 45.7 Å². The average molecular weight is 378 g/mol. The molecule has 2 N–H and O–H groups in total. The molecule has 7 heteroatoms. The lowest BCUT2D eigenvalue weighted by Crippen LogP contribution is -3.06. The van der Waals surface area contributed by atoms with Crippen LogP contribution in [0.25, 0.3) is 0 Å². The van der Waals surface area contributed by atoms with E-state index in [1.54, 1.807) is 11.3 Å². The van der Waals surface area contributed by atoms with Crippen molar-refractivity contribution in [2.75, 3.05) is 12.4 Å². The van der Waals surface area contributed by atoms with E-state index in [1.165, 1.54) is 27.4 Å². The summed E-state index contributed by atoms with van der Waals surface area (Å²) in [7, 11) is 2.16. The lowest BCUT2D eigenvalue weighted by atomic mass is 10.1. The van der Waals surface area contributed by atoms with Crippen molar-refractivity contribution in [3.05, 3.63) is 56.2 Å². The number of quaternary nitrogens is 1. The zero-order valence-electron chi connectivity index (χ0n) is 13.8. The maximum atomic E-state index is 5.46. The highest BCUT2D eigenvalue weighted by Gasteiger charge is 2.10. The predicted molar refractivity (Wildman–Crippen MR) is 105 cm³/mol. The topological polar surface area (TPSA) is 34.3 Å². The molecule has 3 rings (SSSR count). The van der Waals surface area contributed by atoms with Gasteiger partial charge in [0.2, 0.25) is 5.13 Å². The molecule has 2 heterocycles. The first-order valence-corrected chi connectivity index (χ1v) is 10.1. The van der Waals surface area contributed by atoms with E-state index in [9.17, 15) is 0 Å². The van der Waals surface area contributed by atoms with E-state index in [2.05, 4.69) is 65.5 Å². The normalized spacial score (nSPS) is 12.2. The second-order valence-electron chi connectivity index (χ2n) is 5.77. The molecule has 3 aromatic rings. The van der Waals surface area contributed by atoms with Crippen molar-refractivity contribution in [2.24, 2.45) is 0 Å². The molecular weight excluding hydrogens is 356 g/mol. The molecular formula is C17H21N4S3+. The summed E-state index contributed by atoms with van der Waals surface area (Å²) in [5.41, 5.74) is 3.73. The third kappa shape index (κ3) is 4.51. The van der Waals surface area contributed by atoms with Crippen LogP contribution >= 0.6 is 34.9 Å². The summed E-state index contributed by atoms with van der Waals surface area (Å²) in [5, 5.41) is 13.1. The van der Waals surface area contributed by atoms with Crippen LogP contribution in [-0.2, 0) is 19.6 Å². The number of nitrogens with one attached hydrogen (secondary N) is 2. The van der Waals surface area contributed by atoms with E-state index in [0.29, 0.717) is 0 Å². The fourth-order valence-corrected chi connectivity index (χ4v) is 4.15. The minimum Gasteiger partial charge on any atom is -0.330 e. The van der Waals surface area contributed by atoms with E-state index in [0.717, 1.165) is 34.4 Å². The van der Waals surface area contributed by atoms with Crippen LogP contribution in [0, 0.1) is 3.95 Å². The second kappa shape index (κ2) is 8.02. The molecule has 0 saturated heterocycles. The van der Waals surface area contributed by atoms with Gasteiger partial charge in [-0.3, -0.25) is 0 Å². The molecule has 0 aliphatic heterocycles. The predicted octanol–water partition coefficient (Wildman–Crippen LogP) is 3.71. The van der Waals surface area contributed by atoms with Gasteiger partial charge in [-0.25, -0.2) is 0 Å². The van der Waals surface area contributed by atoms with Gasteiger partial charge in [-0.2, -0.15) is 16.0 Å². The maximum absolute atomic E-state index is 5.46. The van der Waals surface area contributed by atoms with Gasteiger partial charge in [-0.05, 0) is 53.2 Å². The molecule has 1 atom stereocenters. The summed E-state index contributed by atoms with van der Waals surface area (Å²) in [6.07, 6.45) is 1.05. The van der Waals surface area contributed by atoms with Gasteiger partial charge in [0.05, 0.1) is 7.05 Å². The van der Waals surface area contributed by atoms with Crippen LogP contribution in [0.1, 0.15) is 18.1 Å². The molecule has 0 aliphatic rings. The van der Waals surface area contributed by atoms with Gasteiger partial charge in [-0.15, -0.1) is 5.10 Å². The monoisotopic (exact) mass is 377 g/mol. The highest BCUT2D eigenvalue weighted by atomic mass is 32.1. The van der Waals surface area contributed by atoms with Crippen LogP contribution in [-0.4, -0.2) is 16.8 Å². The summed E-state index contributed by atoms with van der Waals surface area (Å²) in [4.78, 5) is 1.36. The SMILES string of the molecule is CCc1ccc(Nc2nn(C[NH+](C)Cc3ccsc3)c(=S)s2)cc1. The Morgan fingerprint density at radius 3 is 2.67 bits per heavy atom. The lowest BCUT2D eigenvalue weighted by molar-refractivity contribution is -0.917. The highest BCUT2D eigenvalue weighted by Crippen LogP contribution is 2.20. The number of hydrogen-bond acceptors (Lipinski definition) is 5. The molecule has 0 fully saturated rings. The van der Waals surface area contributed by atoms with Crippen LogP contribution in [0.2, 0.25) is 0 Å². The molecule has 0 amide bonds. The van der Waals surface area contributed by atoms with Gasteiger partial charge < -0.3 is 10.2 Å². The Hall–Kier alpha value is -1.54. The number of anilines is 2. The molecule has 0 aliphatic carbocycles. The number of nitrogens with zero attached hydrogens (tertiary/aromatic N) is 2. The zero-order valence-corrected chi connectivity index (χ0v) is 16.2. The van der Waals surface area contributed by atoms with Gasteiger partial charge in [-0.1, -0.05) is 30.4 Å². The first-order valence-electron chi connectivity index (χ1n) is 7.90. The van der Waals surface area contributed by atoms with Crippen LogP contribution < -0.4 is 10.2 Å². The van der Waals surface area contributed by atoms with E-state index >= 15 is 0 Å². The largest absolute Gasteiger partial charge is 0.330 e. The fraction of sp³-hybridized carbons (Fsp3) is 0.294. The first kappa shape index (κ1) is 17.3. The maximum Gasteiger partial charge on any atom is 0.209 e. The third-order valence-corrected chi connectivity index (χ3v) is 5.68. The summed E-state index contributed by atoms with van der Waals surface area (Å²) in [5.74, 6) is 0. The highest BCUT2D eigenvalue weighted by molar-refractivity contribution is 7.73. The smallest absolute Gasteiger partial charge is 0.209 e. The molecule has 2 aromatic heterocycles. The molecule has 0 bridgehead atoms. The molecule has 0 radical (unpaired) electrons. The molecule has 126 valence electrons. The minimum atomic E-state index is 0.766. The number of rotatable bonds is 7. The molecule has 4 nitrogen and oxygen atoms in total. The molecule has 0 saturated carbocycles. The molecule has 0 spiro atoms. The van der Waals surface area contributed by atoms with Crippen molar-refractivity contribution in [2.45, 2.75) is 26.6 Å². The van der Waals surface area contributed by atoms with Crippen molar-refractivity contribution in [1.29, 1.82) is 0 Å². The van der Waals surface area contributed by atoms with Gasteiger partial charge in [0.25, 0.3) is 0 Å². The van der Waals surface area contributed by atoms with E-state index in [1.807, 2.05) is 4.68 Å². The van der Waals surface area contributed by atoms with E-state index in [-0.39, 0.29) is 0 Å². The average Bonchev–Trinajstić information content (AvgIpc) is 3.18. The Bertz CT molecular complexity index is 818. The Morgan fingerprint density at radius 2 is 2.00 bits per heavy atom. The second-order valence-corrected chi connectivity index (χ2v) is 8.17. The van der Waals surface area contributed by atoms with Crippen LogP contribution in [0.3, 0.4) is 0 Å². The minimum absolute atomic E-state index is 0.766. The number of aromatic nitrogens is 2. The quantitative estimate of drug-likeness (QED) is 0.616.